The van der Waals surface area contributed by atoms with Gasteiger partial charge in [-0.25, -0.2) is 0 Å². The summed E-state index contributed by atoms with van der Waals surface area (Å²) in [5.41, 5.74) is 1.03. The van der Waals surface area contributed by atoms with Gasteiger partial charge in [-0.05, 0) is 49.3 Å². The number of halogens is 2. The van der Waals surface area contributed by atoms with Gasteiger partial charge in [-0.1, -0.05) is 49.0 Å². The van der Waals surface area contributed by atoms with Crippen LogP contribution in [0.5, 0.6) is 0 Å². The minimum atomic E-state index is 0.0767. The predicted octanol–water partition coefficient (Wildman–Crippen LogP) is 4.96. The van der Waals surface area contributed by atoms with Crippen LogP contribution in [0.4, 0.5) is 0 Å². The molecule has 0 bridgehead atoms. The maximum absolute atomic E-state index is 12.8. The number of rotatable bonds is 3. The maximum atomic E-state index is 12.8. The Morgan fingerprint density at radius 3 is 2.68 bits per heavy atom. The molecule has 0 aromatic heterocycles. The van der Waals surface area contributed by atoms with Crippen LogP contribution >= 0.6 is 23.2 Å². The first-order chi connectivity index (χ1) is 10.6. The van der Waals surface area contributed by atoms with Crippen molar-refractivity contribution in [3.8, 4) is 0 Å². The summed E-state index contributed by atoms with van der Waals surface area (Å²) in [4.78, 5) is 14.9. The van der Waals surface area contributed by atoms with Crippen molar-refractivity contribution < 1.29 is 4.79 Å². The van der Waals surface area contributed by atoms with Crippen LogP contribution in [0, 0.1) is 11.8 Å². The smallest absolute Gasteiger partial charge is 0.226 e. The summed E-state index contributed by atoms with van der Waals surface area (Å²) >= 11 is 12.2. The largest absolute Gasteiger partial charge is 0.339 e. The topological polar surface area (TPSA) is 20.3 Å². The quantitative estimate of drug-likeness (QED) is 0.761. The lowest BCUT2D eigenvalue weighted by Gasteiger charge is -2.36. The highest BCUT2D eigenvalue weighted by molar-refractivity contribution is 6.35. The molecule has 120 valence electrons. The highest BCUT2D eigenvalue weighted by Crippen LogP contribution is 2.34. The highest BCUT2D eigenvalue weighted by atomic mass is 35.5. The zero-order valence-corrected chi connectivity index (χ0v) is 14.5. The van der Waals surface area contributed by atoms with Crippen molar-refractivity contribution >= 4 is 29.1 Å². The molecule has 1 amide bonds. The molecule has 0 spiro atoms. The molecule has 2 aliphatic rings. The molecule has 22 heavy (non-hydrogen) atoms. The molecular weight excluding hydrogens is 317 g/mol. The van der Waals surface area contributed by atoms with E-state index in [1.807, 2.05) is 12.1 Å². The standard InChI is InChI=1S/C18H23Cl2NO/c1-12-4-2-3-5-17(12)21-9-8-14(18(21)22)10-13-6-7-15(19)11-16(13)20/h6-7,11-12,14,17H,2-5,8-10H2,1H3. The molecule has 0 N–H and O–H groups in total. The molecule has 2 nitrogen and oxygen atoms in total. The Bertz CT molecular complexity index is 560. The molecule has 1 saturated carbocycles. The molecule has 4 heteroatoms. The van der Waals surface area contributed by atoms with Gasteiger partial charge in [0.05, 0.1) is 0 Å². The van der Waals surface area contributed by atoms with Crippen LogP contribution in [-0.2, 0) is 11.2 Å². The third-order valence-electron chi connectivity index (χ3n) is 5.30. The van der Waals surface area contributed by atoms with Gasteiger partial charge in [0.1, 0.15) is 0 Å². The van der Waals surface area contributed by atoms with E-state index in [1.165, 1.54) is 25.7 Å². The normalized spacial score (nSPS) is 29.1. The minimum Gasteiger partial charge on any atom is -0.339 e. The maximum Gasteiger partial charge on any atom is 0.226 e. The fraction of sp³-hybridized carbons (Fsp3) is 0.611. The second-order valence-corrected chi connectivity index (χ2v) is 7.63. The van der Waals surface area contributed by atoms with Gasteiger partial charge in [-0.15, -0.1) is 0 Å². The van der Waals surface area contributed by atoms with E-state index < -0.39 is 0 Å². The molecule has 1 saturated heterocycles. The zero-order chi connectivity index (χ0) is 15.7. The van der Waals surface area contributed by atoms with Crippen LogP contribution in [0.25, 0.3) is 0 Å². The van der Waals surface area contributed by atoms with Crippen molar-refractivity contribution in [1.82, 2.24) is 4.90 Å². The van der Waals surface area contributed by atoms with Crippen molar-refractivity contribution in [2.24, 2.45) is 11.8 Å². The lowest BCUT2D eigenvalue weighted by atomic mass is 9.85. The molecule has 1 heterocycles. The summed E-state index contributed by atoms with van der Waals surface area (Å²) < 4.78 is 0. The van der Waals surface area contributed by atoms with Crippen LogP contribution in [0.3, 0.4) is 0 Å². The lowest BCUT2D eigenvalue weighted by molar-refractivity contribution is -0.134. The van der Waals surface area contributed by atoms with Crippen molar-refractivity contribution in [3.05, 3.63) is 33.8 Å². The summed E-state index contributed by atoms with van der Waals surface area (Å²) in [6.07, 6.45) is 6.66. The van der Waals surface area contributed by atoms with E-state index in [9.17, 15) is 4.79 Å². The Hall–Kier alpha value is -0.730. The van der Waals surface area contributed by atoms with Crippen LogP contribution in [-0.4, -0.2) is 23.4 Å². The van der Waals surface area contributed by atoms with E-state index in [0.717, 1.165) is 24.9 Å². The number of carbonyl (C=O) groups is 1. The van der Waals surface area contributed by atoms with Crippen LogP contribution in [0.1, 0.15) is 44.6 Å². The van der Waals surface area contributed by atoms with Crippen molar-refractivity contribution in [2.75, 3.05) is 6.54 Å². The van der Waals surface area contributed by atoms with Crippen molar-refractivity contribution in [3.63, 3.8) is 0 Å². The van der Waals surface area contributed by atoms with Gasteiger partial charge < -0.3 is 4.90 Å². The number of amides is 1. The summed E-state index contributed by atoms with van der Waals surface area (Å²) in [7, 11) is 0. The van der Waals surface area contributed by atoms with Gasteiger partial charge in [-0.2, -0.15) is 0 Å². The monoisotopic (exact) mass is 339 g/mol. The first kappa shape index (κ1) is 16.1. The average Bonchev–Trinajstić information content (AvgIpc) is 2.84. The second-order valence-electron chi connectivity index (χ2n) is 6.79. The molecule has 1 aromatic carbocycles. The van der Waals surface area contributed by atoms with E-state index in [4.69, 9.17) is 23.2 Å². The molecule has 1 aromatic rings. The molecule has 1 aliphatic heterocycles. The number of carbonyl (C=O) groups excluding carboxylic acids is 1. The molecule has 1 aliphatic carbocycles. The Balaban J connectivity index is 1.68. The minimum absolute atomic E-state index is 0.0767. The molecule has 3 rings (SSSR count). The average molecular weight is 340 g/mol. The van der Waals surface area contributed by atoms with Crippen LogP contribution in [0.2, 0.25) is 10.0 Å². The fourth-order valence-corrected chi connectivity index (χ4v) is 4.48. The highest BCUT2D eigenvalue weighted by Gasteiger charge is 2.38. The van der Waals surface area contributed by atoms with Crippen molar-refractivity contribution in [2.45, 2.75) is 51.5 Å². The lowest BCUT2D eigenvalue weighted by Crippen LogP contribution is -2.43. The molecule has 3 atom stereocenters. The van der Waals surface area contributed by atoms with Gasteiger partial charge in [0.2, 0.25) is 5.91 Å². The number of hydrogen-bond donors (Lipinski definition) is 0. The molecular formula is C18H23Cl2NO. The van der Waals surface area contributed by atoms with Gasteiger partial charge in [0.15, 0.2) is 0 Å². The van der Waals surface area contributed by atoms with E-state index in [0.29, 0.717) is 27.9 Å². The molecule has 0 radical (unpaired) electrons. The summed E-state index contributed by atoms with van der Waals surface area (Å²) in [5, 5.41) is 1.31. The first-order valence-electron chi connectivity index (χ1n) is 8.30. The Kier molecular flexibility index (Phi) is 4.99. The SMILES string of the molecule is CC1CCCCC1N1CCC(Cc2ccc(Cl)cc2Cl)C1=O. The Morgan fingerprint density at radius 1 is 1.18 bits per heavy atom. The van der Waals surface area contributed by atoms with Crippen LogP contribution in [0.15, 0.2) is 18.2 Å². The number of nitrogens with zero attached hydrogens (tertiary/aromatic N) is 1. The van der Waals surface area contributed by atoms with E-state index in [-0.39, 0.29) is 5.92 Å². The van der Waals surface area contributed by atoms with E-state index >= 15 is 0 Å². The van der Waals surface area contributed by atoms with Crippen molar-refractivity contribution in [1.29, 1.82) is 0 Å². The summed E-state index contributed by atoms with van der Waals surface area (Å²) in [6.45, 7) is 3.20. The van der Waals surface area contributed by atoms with Gasteiger partial charge in [0, 0.05) is 28.5 Å². The Labute approximate surface area is 142 Å². The van der Waals surface area contributed by atoms with Gasteiger partial charge in [-0.3, -0.25) is 4.79 Å². The predicted molar refractivity (Wildman–Crippen MR) is 91.4 cm³/mol. The number of hydrogen-bond acceptors (Lipinski definition) is 1. The zero-order valence-electron chi connectivity index (χ0n) is 13.0. The van der Waals surface area contributed by atoms with E-state index in [1.54, 1.807) is 6.07 Å². The fourth-order valence-electron chi connectivity index (χ4n) is 3.99. The van der Waals surface area contributed by atoms with Gasteiger partial charge >= 0.3 is 0 Å². The third kappa shape index (κ3) is 3.28. The van der Waals surface area contributed by atoms with Gasteiger partial charge in [0.25, 0.3) is 0 Å². The van der Waals surface area contributed by atoms with E-state index in [2.05, 4.69) is 11.8 Å². The number of likely N-dealkylation sites (tertiary alicyclic amines) is 1. The molecule has 2 fully saturated rings. The first-order valence-corrected chi connectivity index (χ1v) is 9.06. The summed E-state index contributed by atoms with van der Waals surface area (Å²) in [5.74, 6) is 1.04. The third-order valence-corrected chi connectivity index (χ3v) is 5.89. The summed E-state index contributed by atoms with van der Waals surface area (Å²) in [6, 6.07) is 6.01. The van der Waals surface area contributed by atoms with Crippen LogP contribution < -0.4 is 0 Å². The number of benzene rings is 1. The second kappa shape index (κ2) is 6.80. The molecule has 3 unspecified atom stereocenters. The Morgan fingerprint density at radius 2 is 1.95 bits per heavy atom.